The Bertz CT molecular complexity index is 407. The Morgan fingerprint density at radius 2 is 2.19 bits per heavy atom. The van der Waals surface area contributed by atoms with Gasteiger partial charge in [0.25, 0.3) is 0 Å². The fourth-order valence-corrected chi connectivity index (χ4v) is 2.12. The van der Waals surface area contributed by atoms with Gasteiger partial charge in [-0.15, -0.1) is 11.8 Å². The molecule has 1 N–H and O–H groups in total. The summed E-state index contributed by atoms with van der Waals surface area (Å²) in [6, 6.07) is 4.08. The number of carboxylic acid groups (broad SMARTS) is 1. The van der Waals surface area contributed by atoms with Gasteiger partial charge in [-0.25, -0.2) is 4.39 Å². The van der Waals surface area contributed by atoms with Crippen molar-refractivity contribution in [3.05, 3.63) is 34.6 Å². The smallest absolute Gasteiger partial charge is 0.319 e. The van der Waals surface area contributed by atoms with Crippen LogP contribution in [-0.4, -0.2) is 15.8 Å². The molecule has 0 aliphatic heterocycles. The summed E-state index contributed by atoms with van der Waals surface area (Å²) in [5.41, 5.74) is 0.612. The third-order valence-electron chi connectivity index (χ3n) is 2.11. The molecule has 0 bridgehead atoms. The van der Waals surface area contributed by atoms with Crippen molar-refractivity contribution in [2.75, 3.05) is 0 Å². The van der Waals surface area contributed by atoms with Crippen molar-refractivity contribution in [3.63, 3.8) is 0 Å². The molecule has 1 aromatic rings. The van der Waals surface area contributed by atoms with Crippen molar-refractivity contribution in [2.45, 2.75) is 24.3 Å². The number of carboxylic acids is 1. The summed E-state index contributed by atoms with van der Waals surface area (Å²) in [5.74, 6) is -0.895. The first-order chi connectivity index (χ1) is 7.33. The molecule has 2 nitrogen and oxygen atoms in total. The van der Waals surface area contributed by atoms with Crippen LogP contribution in [0.5, 0.6) is 0 Å². The van der Waals surface area contributed by atoms with Crippen molar-refractivity contribution < 1.29 is 14.3 Å². The van der Waals surface area contributed by atoms with E-state index in [2.05, 4.69) is 0 Å². The normalized spacial score (nSPS) is 11.5. The van der Waals surface area contributed by atoms with E-state index in [-0.39, 0.29) is 5.82 Å². The molecule has 0 aliphatic rings. The molecule has 0 radical (unpaired) electrons. The molecule has 0 aromatic heterocycles. The zero-order valence-electron chi connectivity index (χ0n) is 8.96. The fourth-order valence-electron chi connectivity index (χ4n) is 0.974. The van der Waals surface area contributed by atoms with Gasteiger partial charge in [0.2, 0.25) is 0 Å². The second-order valence-electron chi connectivity index (χ2n) is 3.84. The Balaban J connectivity index is 2.75. The van der Waals surface area contributed by atoms with Crippen molar-refractivity contribution in [3.8, 4) is 0 Å². The van der Waals surface area contributed by atoms with Gasteiger partial charge < -0.3 is 5.11 Å². The number of carbonyl (C=O) groups is 1. The van der Waals surface area contributed by atoms with Crippen LogP contribution in [0.1, 0.15) is 19.4 Å². The van der Waals surface area contributed by atoms with Crippen LogP contribution in [0.2, 0.25) is 5.02 Å². The Morgan fingerprint density at radius 3 is 2.75 bits per heavy atom. The quantitative estimate of drug-likeness (QED) is 0.901. The zero-order chi connectivity index (χ0) is 12.3. The SMILES string of the molecule is CC(C)(SCc1cc(F)ccc1Cl)C(=O)O. The van der Waals surface area contributed by atoms with Crippen LogP contribution in [0.4, 0.5) is 4.39 Å². The summed E-state index contributed by atoms with van der Waals surface area (Å²) in [6.45, 7) is 3.21. The van der Waals surface area contributed by atoms with Crippen molar-refractivity contribution >= 4 is 29.3 Å². The lowest BCUT2D eigenvalue weighted by Crippen LogP contribution is -2.27. The van der Waals surface area contributed by atoms with Gasteiger partial charge >= 0.3 is 5.97 Å². The molecule has 1 rings (SSSR count). The molecule has 16 heavy (non-hydrogen) atoms. The Hall–Kier alpha value is -0.740. The van der Waals surface area contributed by atoms with E-state index in [1.807, 2.05) is 0 Å². The first-order valence-electron chi connectivity index (χ1n) is 4.64. The van der Waals surface area contributed by atoms with E-state index in [9.17, 15) is 9.18 Å². The predicted octanol–water partition coefficient (Wildman–Crippen LogP) is 3.58. The van der Waals surface area contributed by atoms with Crippen molar-refractivity contribution in [1.29, 1.82) is 0 Å². The summed E-state index contributed by atoms with van der Waals surface area (Å²) in [4.78, 5) is 10.9. The third-order valence-corrected chi connectivity index (χ3v) is 3.83. The zero-order valence-corrected chi connectivity index (χ0v) is 10.5. The van der Waals surface area contributed by atoms with E-state index in [0.29, 0.717) is 16.3 Å². The Labute approximate surface area is 103 Å². The van der Waals surface area contributed by atoms with Crippen LogP contribution in [0.3, 0.4) is 0 Å². The van der Waals surface area contributed by atoms with E-state index in [4.69, 9.17) is 16.7 Å². The van der Waals surface area contributed by atoms with Gasteiger partial charge in [-0.05, 0) is 37.6 Å². The summed E-state index contributed by atoms with van der Waals surface area (Å²) in [5, 5.41) is 9.37. The lowest BCUT2D eigenvalue weighted by atomic mass is 10.2. The molecule has 0 fully saturated rings. The molecule has 0 aliphatic carbocycles. The van der Waals surface area contributed by atoms with Crippen LogP contribution < -0.4 is 0 Å². The van der Waals surface area contributed by atoms with Gasteiger partial charge in [-0.3, -0.25) is 4.79 Å². The summed E-state index contributed by atoms with van der Waals surface area (Å²) in [6.07, 6.45) is 0. The Morgan fingerprint density at radius 1 is 1.56 bits per heavy atom. The maximum atomic E-state index is 12.9. The molecule has 5 heteroatoms. The molecule has 0 saturated heterocycles. The summed E-state index contributed by atoms with van der Waals surface area (Å²) in [7, 11) is 0. The molecule has 1 aromatic carbocycles. The highest BCUT2D eigenvalue weighted by atomic mass is 35.5. The topological polar surface area (TPSA) is 37.3 Å². The minimum atomic E-state index is -0.907. The first-order valence-corrected chi connectivity index (χ1v) is 6.00. The van der Waals surface area contributed by atoms with E-state index < -0.39 is 10.7 Å². The first kappa shape index (κ1) is 13.3. The largest absolute Gasteiger partial charge is 0.480 e. The number of aliphatic carboxylic acids is 1. The maximum Gasteiger partial charge on any atom is 0.319 e. The van der Waals surface area contributed by atoms with Gasteiger partial charge in [0.1, 0.15) is 10.6 Å². The van der Waals surface area contributed by atoms with E-state index in [1.165, 1.54) is 30.0 Å². The molecule has 0 amide bonds. The van der Waals surface area contributed by atoms with Gasteiger partial charge in [0.05, 0.1) is 0 Å². The van der Waals surface area contributed by atoms with Crippen LogP contribution in [-0.2, 0) is 10.5 Å². The highest BCUT2D eigenvalue weighted by Gasteiger charge is 2.27. The molecular formula is C11H12ClFO2S. The lowest BCUT2D eigenvalue weighted by Gasteiger charge is -2.18. The maximum absolute atomic E-state index is 12.9. The summed E-state index contributed by atoms with van der Waals surface area (Å²) >= 11 is 7.09. The lowest BCUT2D eigenvalue weighted by molar-refractivity contribution is -0.138. The number of benzene rings is 1. The number of rotatable bonds is 4. The van der Waals surface area contributed by atoms with Gasteiger partial charge in [-0.2, -0.15) is 0 Å². The molecule has 88 valence electrons. The second kappa shape index (κ2) is 5.06. The average Bonchev–Trinajstić information content (AvgIpc) is 2.19. The molecule has 0 spiro atoms. The van der Waals surface area contributed by atoms with Gasteiger partial charge in [0, 0.05) is 10.8 Å². The number of hydrogen-bond acceptors (Lipinski definition) is 2. The highest BCUT2D eigenvalue weighted by Crippen LogP contribution is 2.31. The van der Waals surface area contributed by atoms with Crippen LogP contribution in [0, 0.1) is 5.82 Å². The third kappa shape index (κ3) is 3.39. The monoisotopic (exact) mass is 262 g/mol. The van der Waals surface area contributed by atoms with Crippen molar-refractivity contribution in [1.82, 2.24) is 0 Å². The molecule has 0 saturated carbocycles. The van der Waals surface area contributed by atoms with E-state index in [1.54, 1.807) is 13.8 Å². The minimum Gasteiger partial charge on any atom is -0.480 e. The number of hydrogen-bond donors (Lipinski definition) is 1. The molecular weight excluding hydrogens is 251 g/mol. The predicted molar refractivity (Wildman–Crippen MR) is 64.4 cm³/mol. The van der Waals surface area contributed by atoms with E-state index in [0.717, 1.165) is 0 Å². The second-order valence-corrected chi connectivity index (χ2v) is 5.85. The van der Waals surface area contributed by atoms with Crippen LogP contribution >= 0.6 is 23.4 Å². The van der Waals surface area contributed by atoms with E-state index >= 15 is 0 Å². The van der Waals surface area contributed by atoms with Gasteiger partial charge in [-0.1, -0.05) is 11.6 Å². The van der Waals surface area contributed by atoms with Crippen LogP contribution in [0.15, 0.2) is 18.2 Å². The van der Waals surface area contributed by atoms with Crippen molar-refractivity contribution in [2.24, 2.45) is 0 Å². The minimum absolute atomic E-state index is 0.367. The summed E-state index contributed by atoms with van der Waals surface area (Å²) < 4.78 is 12.0. The average molecular weight is 263 g/mol. The Kier molecular flexibility index (Phi) is 4.21. The number of thioether (sulfide) groups is 1. The standard InChI is InChI=1S/C11H12ClFO2S/c1-11(2,10(14)15)16-6-7-5-8(13)3-4-9(7)12/h3-5H,6H2,1-2H3,(H,14,15). The fraction of sp³-hybridized carbons (Fsp3) is 0.364. The van der Waals surface area contributed by atoms with Crippen LogP contribution in [0.25, 0.3) is 0 Å². The molecule has 0 atom stereocenters. The molecule has 0 heterocycles. The molecule has 0 unspecified atom stereocenters. The van der Waals surface area contributed by atoms with Gasteiger partial charge in [0.15, 0.2) is 0 Å². The highest BCUT2D eigenvalue weighted by molar-refractivity contribution is 8.00. The number of halogens is 2.